The Morgan fingerprint density at radius 1 is 1.45 bits per heavy atom. The van der Waals surface area contributed by atoms with Gasteiger partial charge in [-0.25, -0.2) is 9.79 Å². The van der Waals surface area contributed by atoms with Crippen LogP contribution in [-0.2, 0) is 22.5 Å². The van der Waals surface area contributed by atoms with Gasteiger partial charge in [0.1, 0.15) is 5.82 Å². The summed E-state index contributed by atoms with van der Waals surface area (Å²) in [6.45, 7) is 9.46. The molecule has 0 radical (unpaired) electrons. The van der Waals surface area contributed by atoms with Crippen LogP contribution in [0.1, 0.15) is 30.8 Å². The van der Waals surface area contributed by atoms with Crippen molar-refractivity contribution in [2.24, 2.45) is 10.4 Å². The van der Waals surface area contributed by atoms with Gasteiger partial charge in [0.15, 0.2) is 0 Å². The normalized spacial score (nSPS) is 16.8. The molecule has 2 aromatic rings. The molecule has 1 aromatic carbocycles. The maximum Gasteiger partial charge on any atom is 0.338 e. The molecule has 29 heavy (non-hydrogen) atoms. The Labute approximate surface area is 181 Å². The molecule has 0 aliphatic carbocycles. The summed E-state index contributed by atoms with van der Waals surface area (Å²) in [7, 11) is 1.38. The van der Waals surface area contributed by atoms with Crippen molar-refractivity contribution in [2.45, 2.75) is 33.7 Å². The summed E-state index contributed by atoms with van der Waals surface area (Å²) in [6.07, 6.45) is 6.93. The molecule has 3 rings (SSSR count). The van der Waals surface area contributed by atoms with E-state index in [0.717, 1.165) is 40.4 Å². The molecule has 0 unspecified atom stereocenters. The van der Waals surface area contributed by atoms with E-state index in [1.54, 1.807) is 6.08 Å². The number of benzene rings is 1. The number of methoxy groups -OCH3 is 1. The average Bonchev–Trinajstić information content (AvgIpc) is 3.10. The molecular weight excluding hydrogens is 425 g/mol. The van der Waals surface area contributed by atoms with Crippen LogP contribution in [-0.4, -0.2) is 41.6 Å². The summed E-state index contributed by atoms with van der Waals surface area (Å²) in [4.78, 5) is 18.1. The van der Waals surface area contributed by atoms with Gasteiger partial charge in [-0.1, -0.05) is 38.6 Å². The molecule has 0 bridgehead atoms. The quantitative estimate of drug-likeness (QED) is 0.375. The highest BCUT2D eigenvalue weighted by atomic mass is 35.5. The van der Waals surface area contributed by atoms with Crippen LogP contribution in [0.15, 0.2) is 22.4 Å². The van der Waals surface area contributed by atoms with Gasteiger partial charge in [-0.15, -0.1) is 0 Å². The highest BCUT2D eigenvalue weighted by molar-refractivity contribution is 7.77. The zero-order chi connectivity index (χ0) is 21.6. The first-order chi connectivity index (χ1) is 13.4. The van der Waals surface area contributed by atoms with Gasteiger partial charge < -0.3 is 9.30 Å². The van der Waals surface area contributed by atoms with E-state index >= 15 is 0 Å². The standard InChI is InChI=1S/C21H27ClN3O2PS/c1-13-8-15(22)14(10-17(19(26)27-4)28(5,6)7)9-16(13)23-20-25-12-21(2,3)11-18(25)24-29-20/h8-10H,5,11-12H2,1-4,6-7H3/b17-10+,23-20?. The number of aromatic nitrogens is 2. The lowest BCUT2D eigenvalue weighted by Gasteiger charge is -2.16. The van der Waals surface area contributed by atoms with Crippen molar-refractivity contribution in [3.63, 3.8) is 0 Å². The van der Waals surface area contributed by atoms with E-state index in [1.165, 1.54) is 18.6 Å². The monoisotopic (exact) mass is 451 g/mol. The van der Waals surface area contributed by atoms with E-state index < -0.39 is 6.89 Å². The van der Waals surface area contributed by atoms with Gasteiger partial charge in [0.25, 0.3) is 0 Å². The Kier molecular flexibility index (Phi) is 6.01. The molecule has 8 heteroatoms. The molecule has 0 atom stereocenters. The number of esters is 1. The number of hydrogen-bond donors (Lipinski definition) is 0. The molecule has 0 saturated carbocycles. The Balaban J connectivity index is 2.12. The summed E-state index contributed by atoms with van der Waals surface area (Å²) in [6, 6.07) is 3.80. The van der Waals surface area contributed by atoms with Crippen LogP contribution in [0.4, 0.5) is 5.69 Å². The van der Waals surface area contributed by atoms with Crippen molar-refractivity contribution in [3.05, 3.63) is 44.2 Å². The third kappa shape index (κ3) is 4.76. The second kappa shape index (κ2) is 7.90. The van der Waals surface area contributed by atoms with E-state index in [9.17, 15) is 4.79 Å². The Hall–Kier alpha value is -1.62. The fraction of sp³-hybridized carbons (Fsp3) is 0.429. The van der Waals surface area contributed by atoms with Crippen molar-refractivity contribution in [3.8, 4) is 0 Å². The predicted molar refractivity (Wildman–Crippen MR) is 125 cm³/mol. The molecule has 0 fully saturated rings. The van der Waals surface area contributed by atoms with Crippen molar-refractivity contribution in [2.75, 3.05) is 20.4 Å². The van der Waals surface area contributed by atoms with Crippen LogP contribution < -0.4 is 4.80 Å². The lowest BCUT2D eigenvalue weighted by molar-refractivity contribution is -0.135. The minimum absolute atomic E-state index is 0.197. The number of ether oxygens (including phenoxy) is 1. The number of carbonyl (C=O) groups excluding carboxylic acids is 1. The minimum Gasteiger partial charge on any atom is -0.465 e. The van der Waals surface area contributed by atoms with Gasteiger partial charge >= 0.3 is 5.97 Å². The van der Waals surface area contributed by atoms with Gasteiger partial charge in [0.05, 0.1) is 18.1 Å². The fourth-order valence-corrected chi connectivity index (χ4v) is 5.43. The summed E-state index contributed by atoms with van der Waals surface area (Å²) >= 11 is 7.91. The van der Waals surface area contributed by atoms with Crippen molar-refractivity contribution >= 4 is 54.1 Å². The maximum absolute atomic E-state index is 12.3. The van der Waals surface area contributed by atoms with Crippen LogP contribution in [0.25, 0.3) is 6.08 Å². The van der Waals surface area contributed by atoms with Crippen molar-refractivity contribution in [1.82, 2.24) is 8.94 Å². The second-order valence-corrected chi connectivity index (χ2v) is 13.8. The van der Waals surface area contributed by atoms with Gasteiger partial charge in [-0.2, -0.15) is 4.37 Å². The molecule has 0 amide bonds. The van der Waals surface area contributed by atoms with Crippen LogP contribution >= 0.6 is 30.0 Å². The highest BCUT2D eigenvalue weighted by Crippen LogP contribution is 2.47. The first-order valence-electron chi connectivity index (χ1n) is 9.30. The van der Waals surface area contributed by atoms with Gasteiger partial charge in [-0.3, -0.25) is 0 Å². The van der Waals surface area contributed by atoms with Crippen molar-refractivity contribution in [1.29, 1.82) is 0 Å². The third-order valence-electron chi connectivity index (χ3n) is 4.87. The van der Waals surface area contributed by atoms with Crippen LogP contribution in [0, 0.1) is 12.3 Å². The summed E-state index contributed by atoms with van der Waals surface area (Å²) in [5.41, 5.74) is 2.71. The SMILES string of the molecule is C=P(C)(C)/C(=C/c1cc(N=c2snc3n2CC(C)(C)C3)c(C)cc1Cl)C(=O)OC. The van der Waals surface area contributed by atoms with Gasteiger partial charge in [0.2, 0.25) is 4.80 Å². The Morgan fingerprint density at radius 3 is 2.76 bits per heavy atom. The van der Waals surface area contributed by atoms with E-state index in [-0.39, 0.29) is 11.4 Å². The molecule has 0 N–H and O–H groups in total. The summed E-state index contributed by atoms with van der Waals surface area (Å²) in [5, 5.41) is 1.13. The highest BCUT2D eigenvalue weighted by Gasteiger charge is 2.30. The molecule has 0 saturated heterocycles. The van der Waals surface area contributed by atoms with Crippen LogP contribution in [0.3, 0.4) is 0 Å². The topological polar surface area (TPSA) is 56.5 Å². The lowest BCUT2D eigenvalue weighted by atomic mass is 9.92. The molecular formula is C21H27ClN3O2PS. The maximum atomic E-state index is 12.3. The first kappa shape index (κ1) is 22.1. The zero-order valence-electron chi connectivity index (χ0n) is 17.7. The van der Waals surface area contributed by atoms with Gasteiger partial charge in [-0.05, 0) is 55.0 Å². The molecule has 2 heterocycles. The van der Waals surface area contributed by atoms with E-state index in [1.807, 2.05) is 32.4 Å². The third-order valence-corrected chi connectivity index (χ3v) is 7.59. The fourth-order valence-electron chi connectivity index (χ4n) is 3.33. The molecule has 1 aromatic heterocycles. The average molecular weight is 452 g/mol. The molecule has 0 spiro atoms. The number of fused-ring (bicyclic) bond motifs is 1. The summed E-state index contributed by atoms with van der Waals surface area (Å²) in [5.74, 6) is 0.716. The molecule has 1 aliphatic heterocycles. The smallest absolute Gasteiger partial charge is 0.338 e. The number of halogens is 1. The lowest BCUT2D eigenvalue weighted by Crippen LogP contribution is -2.19. The van der Waals surface area contributed by atoms with E-state index in [0.29, 0.717) is 10.3 Å². The number of rotatable bonds is 4. The largest absolute Gasteiger partial charge is 0.465 e. The first-order valence-corrected chi connectivity index (χ1v) is 13.3. The second-order valence-electron chi connectivity index (χ2n) is 8.79. The number of nitrogens with zero attached hydrogens (tertiary/aromatic N) is 3. The predicted octanol–water partition coefficient (Wildman–Crippen LogP) is 4.94. The summed E-state index contributed by atoms with van der Waals surface area (Å²) < 4.78 is 11.7. The molecule has 5 nitrogen and oxygen atoms in total. The van der Waals surface area contributed by atoms with Crippen LogP contribution in [0.2, 0.25) is 5.02 Å². The van der Waals surface area contributed by atoms with E-state index in [2.05, 4.69) is 29.1 Å². The van der Waals surface area contributed by atoms with Crippen LogP contribution in [0.5, 0.6) is 0 Å². The number of aryl methyl sites for hydroxylation is 1. The molecule has 1 aliphatic rings. The molecule has 156 valence electrons. The number of carbonyl (C=O) groups is 1. The Bertz CT molecular complexity index is 1120. The zero-order valence-corrected chi connectivity index (χ0v) is 20.2. The minimum atomic E-state index is -1.86. The van der Waals surface area contributed by atoms with Gasteiger partial charge in [0, 0.05) is 29.5 Å². The Morgan fingerprint density at radius 2 is 2.14 bits per heavy atom. The number of hydrogen-bond acceptors (Lipinski definition) is 5. The van der Waals surface area contributed by atoms with Crippen molar-refractivity contribution < 1.29 is 9.53 Å². The van der Waals surface area contributed by atoms with E-state index in [4.69, 9.17) is 21.3 Å².